The van der Waals surface area contributed by atoms with Gasteiger partial charge >= 0.3 is 11.9 Å². The summed E-state index contributed by atoms with van der Waals surface area (Å²) in [6, 6.07) is 4.95. The molecule has 1 unspecified atom stereocenters. The molecule has 0 aliphatic carbocycles. The standard InChI is InChI=1S/C14H19NO6S/c1-3-6-12(13(16)17)15-22(19,20)9-10-7-4-5-8-11(10)14(18)21-2/h4-5,7-8,12,15H,3,6,9H2,1-2H3,(H,16,17). The van der Waals surface area contributed by atoms with Gasteiger partial charge in [0.25, 0.3) is 0 Å². The maximum atomic E-state index is 12.1. The average Bonchev–Trinajstić information content (AvgIpc) is 2.45. The van der Waals surface area contributed by atoms with Crippen molar-refractivity contribution in [2.45, 2.75) is 31.6 Å². The number of aliphatic carboxylic acids is 1. The third kappa shape index (κ3) is 5.12. The van der Waals surface area contributed by atoms with Crippen molar-refractivity contribution in [1.82, 2.24) is 4.72 Å². The smallest absolute Gasteiger partial charge is 0.338 e. The van der Waals surface area contributed by atoms with E-state index < -0.39 is 33.8 Å². The Labute approximate surface area is 129 Å². The van der Waals surface area contributed by atoms with Gasteiger partial charge in [0.15, 0.2) is 0 Å². The van der Waals surface area contributed by atoms with Gasteiger partial charge in [-0.15, -0.1) is 0 Å². The molecule has 0 aliphatic rings. The van der Waals surface area contributed by atoms with Gasteiger partial charge in [0.2, 0.25) is 10.0 Å². The van der Waals surface area contributed by atoms with Crippen LogP contribution in [0.2, 0.25) is 0 Å². The highest BCUT2D eigenvalue weighted by molar-refractivity contribution is 7.88. The predicted molar refractivity (Wildman–Crippen MR) is 79.9 cm³/mol. The normalized spacial score (nSPS) is 12.6. The first-order valence-electron chi connectivity index (χ1n) is 6.69. The zero-order valence-electron chi connectivity index (χ0n) is 12.4. The quantitative estimate of drug-likeness (QED) is 0.692. The summed E-state index contributed by atoms with van der Waals surface area (Å²) in [5.41, 5.74) is 0.389. The molecular weight excluding hydrogens is 310 g/mol. The van der Waals surface area contributed by atoms with E-state index in [-0.39, 0.29) is 17.5 Å². The van der Waals surface area contributed by atoms with Crippen molar-refractivity contribution < 1.29 is 27.9 Å². The first kappa shape index (κ1) is 18.1. The van der Waals surface area contributed by atoms with Gasteiger partial charge in [0, 0.05) is 0 Å². The minimum absolute atomic E-state index is 0.137. The lowest BCUT2D eigenvalue weighted by atomic mass is 10.1. The molecule has 0 spiro atoms. The molecule has 0 aliphatic heterocycles. The Kier molecular flexibility index (Phi) is 6.51. The molecule has 1 aromatic carbocycles. The monoisotopic (exact) mass is 329 g/mol. The summed E-state index contributed by atoms with van der Waals surface area (Å²) in [6.45, 7) is 1.76. The summed E-state index contributed by atoms with van der Waals surface area (Å²) >= 11 is 0. The fraction of sp³-hybridized carbons (Fsp3) is 0.429. The van der Waals surface area contributed by atoms with E-state index in [9.17, 15) is 18.0 Å². The fourth-order valence-electron chi connectivity index (χ4n) is 1.94. The molecule has 0 bridgehead atoms. The van der Waals surface area contributed by atoms with Gasteiger partial charge < -0.3 is 9.84 Å². The van der Waals surface area contributed by atoms with E-state index >= 15 is 0 Å². The van der Waals surface area contributed by atoms with Crippen LogP contribution in [0.5, 0.6) is 0 Å². The van der Waals surface area contributed by atoms with Crippen molar-refractivity contribution in [1.29, 1.82) is 0 Å². The highest BCUT2D eigenvalue weighted by Crippen LogP contribution is 2.14. The molecule has 1 rings (SSSR count). The zero-order valence-corrected chi connectivity index (χ0v) is 13.2. The molecule has 2 N–H and O–H groups in total. The molecule has 1 aromatic rings. The minimum atomic E-state index is -3.90. The van der Waals surface area contributed by atoms with Crippen molar-refractivity contribution in [3.05, 3.63) is 35.4 Å². The molecule has 22 heavy (non-hydrogen) atoms. The van der Waals surface area contributed by atoms with Gasteiger partial charge in [-0.05, 0) is 18.1 Å². The topological polar surface area (TPSA) is 110 Å². The van der Waals surface area contributed by atoms with Crippen molar-refractivity contribution in [3.63, 3.8) is 0 Å². The second-order valence-corrected chi connectivity index (χ2v) is 6.46. The summed E-state index contributed by atoms with van der Waals surface area (Å²) in [4.78, 5) is 22.7. The number of carbonyl (C=O) groups is 2. The van der Waals surface area contributed by atoms with Crippen LogP contribution < -0.4 is 4.72 Å². The number of methoxy groups -OCH3 is 1. The highest BCUT2D eigenvalue weighted by atomic mass is 32.2. The van der Waals surface area contributed by atoms with Crippen molar-refractivity contribution in [2.24, 2.45) is 0 Å². The van der Waals surface area contributed by atoms with E-state index in [2.05, 4.69) is 9.46 Å². The molecule has 7 nitrogen and oxygen atoms in total. The zero-order chi connectivity index (χ0) is 16.8. The van der Waals surface area contributed by atoms with E-state index in [4.69, 9.17) is 5.11 Å². The minimum Gasteiger partial charge on any atom is -0.480 e. The molecule has 0 fully saturated rings. The number of nitrogens with one attached hydrogen (secondary N) is 1. The number of esters is 1. The number of carboxylic acid groups (broad SMARTS) is 1. The molecule has 0 heterocycles. The Bertz CT molecular complexity index is 640. The maximum absolute atomic E-state index is 12.1. The van der Waals surface area contributed by atoms with Crippen LogP contribution in [0.1, 0.15) is 35.7 Å². The van der Waals surface area contributed by atoms with Crippen molar-refractivity contribution in [3.8, 4) is 0 Å². The van der Waals surface area contributed by atoms with Crippen LogP contribution in [0, 0.1) is 0 Å². The number of ether oxygens (including phenoxy) is 1. The molecule has 0 radical (unpaired) electrons. The molecule has 0 aromatic heterocycles. The molecule has 1 atom stereocenters. The number of sulfonamides is 1. The van der Waals surface area contributed by atoms with E-state index in [0.29, 0.717) is 6.42 Å². The van der Waals surface area contributed by atoms with Crippen LogP contribution in [0.3, 0.4) is 0 Å². The molecule has 0 saturated carbocycles. The van der Waals surface area contributed by atoms with Gasteiger partial charge in [-0.3, -0.25) is 4.79 Å². The summed E-state index contributed by atoms with van der Waals surface area (Å²) in [5, 5.41) is 9.01. The van der Waals surface area contributed by atoms with E-state index in [1.165, 1.54) is 19.2 Å². The highest BCUT2D eigenvalue weighted by Gasteiger charge is 2.25. The lowest BCUT2D eigenvalue weighted by Gasteiger charge is -2.15. The number of carbonyl (C=O) groups excluding carboxylic acids is 1. The van der Waals surface area contributed by atoms with Crippen LogP contribution in [0.15, 0.2) is 24.3 Å². The number of benzene rings is 1. The predicted octanol–water partition coefficient (Wildman–Crippen LogP) is 1.15. The summed E-state index contributed by atoms with van der Waals surface area (Å²) in [6.07, 6.45) is 0.714. The van der Waals surface area contributed by atoms with Gasteiger partial charge in [-0.1, -0.05) is 31.5 Å². The first-order valence-corrected chi connectivity index (χ1v) is 8.35. The molecule has 8 heteroatoms. The largest absolute Gasteiger partial charge is 0.480 e. The molecule has 122 valence electrons. The number of carboxylic acids is 1. The van der Waals surface area contributed by atoms with Crippen molar-refractivity contribution in [2.75, 3.05) is 7.11 Å². The van der Waals surface area contributed by atoms with E-state index in [0.717, 1.165) is 0 Å². The Balaban J connectivity index is 2.98. The Hall–Kier alpha value is -1.93. The fourth-order valence-corrected chi connectivity index (χ4v) is 3.34. The second-order valence-electron chi connectivity index (χ2n) is 4.71. The van der Waals surface area contributed by atoms with Gasteiger partial charge in [0.05, 0.1) is 18.4 Å². The van der Waals surface area contributed by atoms with E-state index in [1.807, 2.05) is 0 Å². The lowest BCUT2D eigenvalue weighted by molar-refractivity contribution is -0.139. The average molecular weight is 329 g/mol. The Morgan fingerprint density at radius 1 is 1.32 bits per heavy atom. The van der Waals surface area contributed by atoms with Crippen LogP contribution in [-0.4, -0.2) is 38.6 Å². The van der Waals surface area contributed by atoms with Crippen LogP contribution in [0.25, 0.3) is 0 Å². The number of rotatable bonds is 8. The third-order valence-corrected chi connectivity index (χ3v) is 4.30. The maximum Gasteiger partial charge on any atom is 0.338 e. The lowest BCUT2D eigenvalue weighted by Crippen LogP contribution is -2.41. The third-order valence-electron chi connectivity index (χ3n) is 2.97. The van der Waals surface area contributed by atoms with Crippen LogP contribution >= 0.6 is 0 Å². The Morgan fingerprint density at radius 2 is 1.95 bits per heavy atom. The summed E-state index contributed by atoms with van der Waals surface area (Å²) in [7, 11) is -2.70. The first-order chi connectivity index (χ1) is 10.3. The molecular formula is C14H19NO6S. The summed E-state index contributed by atoms with van der Waals surface area (Å²) < 4.78 is 31.0. The number of hydrogen-bond acceptors (Lipinski definition) is 5. The second kappa shape index (κ2) is 7.90. The van der Waals surface area contributed by atoms with Gasteiger partial charge in [0.1, 0.15) is 6.04 Å². The SMILES string of the molecule is CCCC(NS(=O)(=O)Cc1ccccc1C(=O)OC)C(=O)O. The number of hydrogen-bond donors (Lipinski definition) is 2. The van der Waals surface area contributed by atoms with Crippen LogP contribution in [-0.2, 0) is 25.3 Å². The van der Waals surface area contributed by atoms with Gasteiger partial charge in [-0.2, -0.15) is 0 Å². The molecule has 0 amide bonds. The molecule has 0 saturated heterocycles. The van der Waals surface area contributed by atoms with Crippen LogP contribution in [0.4, 0.5) is 0 Å². The summed E-state index contributed by atoms with van der Waals surface area (Å²) in [5.74, 6) is -2.37. The van der Waals surface area contributed by atoms with E-state index in [1.54, 1.807) is 19.1 Å². The Morgan fingerprint density at radius 3 is 2.50 bits per heavy atom. The van der Waals surface area contributed by atoms with Crippen molar-refractivity contribution >= 4 is 22.0 Å². The van der Waals surface area contributed by atoms with Gasteiger partial charge in [-0.25, -0.2) is 17.9 Å².